The van der Waals surface area contributed by atoms with Crippen molar-refractivity contribution in [3.63, 3.8) is 0 Å². The molecule has 0 heterocycles. The number of terminal acetylenes is 1. The second-order valence-corrected chi connectivity index (χ2v) is 2.02. The molecule has 0 fully saturated rings. The van der Waals surface area contributed by atoms with Crippen LogP contribution in [0.4, 0.5) is 4.79 Å². The number of carbonyl (C=O) groups is 1. The zero-order valence-electron chi connectivity index (χ0n) is 4.41. The number of rotatable bonds is 0. The van der Waals surface area contributed by atoms with Gasteiger partial charge in [-0.2, -0.15) is 0 Å². The molecule has 52 valence electrons. The summed E-state index contributed by atoms with van der Waals surface area (Å²) in [4.78, 5) is 8.78. The lowest BCUT2D eigenvalue weighted by molar-refractivity contribution is 0.205. The lowest BCUT2D eigenvalue weighted by atomic mass is 10.8. The Labute approximate surface area is 66.2 Å². The molecule has 1 unspecified atom stereocenters. The van der Waals surface area contributed by atoms with Gasteiger partial charge in [0.15, 0.2) is 4.11 Å². The van der Waals surface area contributed by atoms with Gasteiger partial charge in [0.05, 0.1) is 0 Å². The molecule has 5 heteroatoms. The summed E-state index contributed by atoms with van der Waals surface area (Å²) in [5, 5.41) is 15.3. The van der Waals surface area contributed by atoms with Crippen molar-refractivity contribution in [1.29, 1.82) is 0 Å². The molecule has 0 rings (SSSR count). The molecule has 0 bridgehead atoms. The van der Waals surface area contributed by atoms with E-state index in [0.29, 0.717) is 0 Å². The van der Waals surface area contributed by atoms with Crippen molar-refractivity contribution in [2.24, 2.45) is 5.73 Å². The number of alkyl halides is 1. The number of hydrogen-bond acceptors (Lipinski definition) is 2. The summed E-state index contributed by atoms with van der Waals surface area (Å²) in [5.74, 6) is 2.07. The van der Waals surface area contributed by atoms with Crippen LogP contribution in [0.5, 0.6) is 0 Å². The zero-order valence-corrected chi connectivity index (χ0v) is 6.57. The molecule has 0 radical (unpaired) electrons. The summed E-state index contributed by atoms with van der Waals surface area (Å²) in [5.41, 5.74) is 4.03. The van der Waals surface area contributed by atoms with Crippen molar-refractivity contribution < 1.29 is 15.0 Å². The number of carboxylic acid groups (broad SMARTS) is 1. The van der Waals surface area contributed by atoms with Gasteiger partial charge < -0.3 is 15.9 Å². The van der Waals surface area contributed by atoms with Crippen molar-refractivity contribution >= 4 is 28.7 Å². The standard InChI is InChI=1S/C3H3IO.CH3NO2/c1-2-3(4)5;2-1(3)4/h1,3,5H;2H2,(H,3,4). The van der Waals surface area contributed by atoms with E-state index in [9.17, 15) is 0 Å². The van der Waals surface area contributed by atoms with E-state index >= 15 is 0 Å². The fourth-order valence-corrected chi connectivity index (χ4v) is 0. The van der Waals surface area contributed by atoms with E-state index in [4.69, 9.17) is 15.0 Å². The molecule has 4 N–H and O–H groups in total. The van der Waals surface area contributed by atoms with Crippen molar-refractivity contribution in [3.8, 4) is 12.3 Å². The van der Waals surface area contributed by atoms with E-state index in [2.05, 4.69) is 18.1 Å². The summed E-state index contributed by atoms with van der Waals surface area (Å²) in [6.45, 7) is 0. The van der Waals surface area contributed by atoms with Crippen molar-refractivity contribution in [2.75, 3.05) is 0 Å². The minimum absolute atomic E-state index is 0.618. The average Bonchev–Trinajstić information content (AvgIpc) is 1.65. The Morgan fingerprint density at radius 1 is 1.89 bits per heavy atom. The maximum Gasteiger partial charge on any atom is 0.402 e. The molecule has 9 heavy (non-hydrogen) atoms. The van der Waals surface area contributed by atoms with Crippen LogP contribution >= 0.6 is 22.6 Å². The van der Waals surface area contributed by atoms with Gasteiger partial charge in [0.1, 0.15) is 0 Å². The minimum Gasteiger partial charge on any atom is -0.465 e. The SMILES string of the molecule is C#CC(O)I.NC(=O)O. The van der Waals surface area contributed by atoms with E-state index in [1.54, 1.807) is 22.6 Å². The van der Waals surface area contributed by atoms with E-state index in [0.717, 1.165) is 0 Å². The Morgan fingerprint density at radius 2 is 2.00 bits per heavy atom. The summed E-state index contributed by atoms with van der Waals surface area (Å²) in [7, 11) is 0. The molecular formula is C4H6INO3. The maximum absolute atomic E-state index is 8.78. The highest BCUT2D eigenvalue weighted by Gasteiger charge is 1.78. The van der Waals surface area contributed by atoms with Crippen LogP contribution in [-0.2, 0) is 0 Å². The topological polar surface area (TPSA) is 83.5 Å². The highest BCUT2D eigenvalue weighted by molar-refractivity contribution is 14.1. The molecule has 1 amide bonds. The van der Waals surface area contributed by atoms with Gasteiger partial charge in [-0.3, -0.25) is 0 Å². The van der Waals surface area contributed by atoms with Gasteiger partial charge in [0.25, 0.3) is 0 Å². The molecule has 0 spiro atoms. The van der Waals surface area contributed by atoms with E-state index in [-0.39, 0.29) is 0 Å². The number of aliphatic hydroxyl groups excluding tert-OH is 1. The molecule has 1 atom stereocenters. The molecule has 4 nitrogen and oxygen atoms in total. The van der Waals surface area contributed by atoms with Crippen LogP contribution in [0.1, 0.15) is 0 Å². The molecule has 0 aromatic carbocycles. The predicted octanol–water partition coefficient (Wildman–Crippen LogP) is -0.00390. The largest absolute Gasteiger partial charge is 0.465 e. The third-order valence-electron chi connectivity index (χ3n) is 0.138. The van der Waals surface area contributed by atoms with Crippen LogP contribution in [-0.4, -0.2) is 20.4 Å². The monoisotopic (exact) mass is 243 g/mol. The van der Waals surface area contributed by atoms with Crippen molar-refractivity contribution in [1.82, 2.24) is 0 Å². The van der Waals surface area contributed by atoms with Gasteiger partial charge in [0.2, 0.25) is 0 Å². The molecular weight excluding hydrogens is 237 g/mol. The Balaban J connectivity index is 0. The fraction of sp³-hybridized carbons (Fsp3) is 0.250. The van der Waals surface area contributed by atoms with Gasteiger partial charge in [-0.15, -0.1) is 6.42 Å². The second-order valence-electron chi connectivity index (χ2n) is 0.841. The third kappa shape index (κ3) is 99.2. The van der Waals surface area contributed by atoms with Crippen LogP contribution in [0.25, 0.3) is 0 Å². The van der Waals surface area contributed by atoms with Gasteiger partial charge in [-0.25, -0.2) is 4.79 Å². The quantitative estimate of drug-likeness (QED) is 0.318. The van der Waals surface area contributed by atoms with Crippen molar-refractivity contribution in [2.45, 2.75) is 4.11 Å². The highest BCUT2D eigenvalue weighted by atomic mass is 127. The van der Waals surface area contributed by atoms with Gasteiger partial charge in [0, 0.05) is 0 Å². The first kappa shape index (κ1) is 11.3. The van der Waals surface area contributed by atoms with Crippen molar-refractivity contribution in [3.05, 3.63) is 0 Å². The minimum atomic E-state index is -1.33. The van der Waals surface area contributed by atoms with Crippen LogP contribution in [0.3, 0.4) is 0 Å². The number of primary amides is 1. The summed E-state index contributed by atoms with van der Waals surface area (Å²) in [6.07, 6.45) is 3.33. The van der Waals surface area contributed by atoms with Crippen LogP contribution < -0.4 is 5.73 Å². The molecule has 0 saturated carbocycles. The number of halogens is 1. The highest BCUT2D eigenvalue weighted by Crippen LogP contribution is 1.87. The van der Waals surface area contributed by atoms with Crippen LogP contribution in [0.2, 0.25) is 0 Å². The number of hydrogen-bond donors (Lipinski definition) is 3. The van der Waals surface area contributed by atoms with E-state index in [1.807, 2.05) is 0 Å². The predicted molar refractivity (Wildman–Crippen MR) is 41.1 cm³/mol. The molecule has 0 aromatic heterocycles. The number of aliphatic hydroxyl groups is 1. The lowest BCUT2D eigenvalue weighted by Gasteiger charge is -1.78. The van der Waals surface area contributed by atoms with Crippen LogP contribution in [0.15, 0.2) is 0 Å². The Bertz CT molecular complexity index is 113. The average molecular weight is 243 g/mol. The molecule has 0 aliphatic carbocycles. The molecule has 0 aliphatic rings. The second kappa shape index (κ2) is 7.52. The number of amides is 1. The Morgan fingerprint density at radius 3 is 2.00 bits per heavy atom. The first-order chi connectivity index (χ1) is 4.00. The fourth-order valence-electron chi connectivity index (χ4n) is 0. The van der Waals surface area contributed by atoms with E-state index in [1.165, 1.54) is 0 Å². The van der Waals surface area contributed by atoms with Gasteiger partial charge >= 0.3 is 6.09 Å². The first-order valence-corrected chi connectivity index (χ1v) is 3.02. The smallest absolute Gasteiger partial charge is 0.402 e. The molecule has 0 aromatic rings. The summed E-state index contributed by atoms with van der Waals surface area (Å²) >= 11 is 1.73. The first-order valence-electron chi connectivity index (χ1n) is 1.77. The maximum atomic E-state index is 8.78. The lowest BCUT2D eigenvalue weighted by Crippen LogP contribution is -2.03. The van der Waals surface area contributed by atoms with Crippen LogP contribution in [0, 0.1) is 12.3 Å². The Kier molecular flexibility index (Phi) is 9.47. The third-order valence-corrected chi connectivity index (χ3v) is 0.497. The molecule has 0 aliphatic heterocycles. The van der Waals surface area contributed by atoms with Gasteiger partial charge in [-0.05, 0) is 22.6 Å². The number of nitrogens with two attached hydrogens (primary N) is 1. The molecule has 0 saturated heterocycles. The van der Waals surface area contributed by atoms with Gasteiger partial charge in [-0.1, -0.05) is 5.92 Å². The Hall–Kier alpha value is -0.480. The van der Waals surface area contributed by atoms with E-state index < -0.39 is 10.2 Å². The zero-order chi connectivity index (χ0) is 7.86. The summed E-state index contributed by atoms with van der Waals surface area (Å²) in [6, 6.07) is 0. The summed E-state index contributed by atoms with van der Waals surface area (Å²) < 4.78 is -0.618. The normalized spacial score (nSPS) is 9.89.